The lowest BCUT2D eigenvalue weighted by atomic mass is 9.96. The predicted octanol–water partition coefficient (Wildman–Crippen LogP) is 2.20. The number of hydrogen-bond donors (Lipinski definition) is 1. The Morgan fingerprint density at radius 1 is 1.13 bits per heavy atom. The summed E-state index contributed by atoms with van der Waals surface area (Å²) in [5.74, 6) is 0. The Balaban J connectivity index is 2.31. The van der Waals surface area contributed by atoms with Crippen LogP contribution >= 0.6 is 0 Å². The highest BCUT2D eigenvalue weighted by atomic mass is 28.4. The first-order valence-corrected chi connectivity index (χ1v) is 8.33. The van der Waals surface area contributed by atoms with Crippen LogP contribution < -0.4 is 5.32 Å². The van der Waals surface area contributed by atoms with Crippen LogP contribution in [0.1, 0.15) is 39.0 Å². The molecule has 90 valence electrons. The van der Waals surface area contributed by atoms with Crippen LogP contribution in [0.2, 0.25) is 6.04 Å². The molecule has 1 fully saturated rings. The van der Waals surface area contributed by atoms with E-state index in [-0.39, 0.29) is 0 Å². The topological polar surface area (TPSA) is 30.5 Å². The van der Waals surface area contributed by atoms with Crippen molar-refractivity contribution in [1.29, 1.82) is 0 Å². The summed E-state index contributed by atoms with van der Waals surface area (Å²) in [5.41, 5.74) is 0. The first kappa shape index (κ1) is 13.2. The summed E-state index contributed by atoms with van der Waals surface area (Å²) in [4.78, 5) is 0. The van der Waals surface area contributed by atoms with E-state index in [0.29, 0.717) is 6.04 Å². The van der Waals surface area contributed by atoms with E-state index in [2.05, 4.69) is 12.2 Å². The zero-order valence-electron chi connectivity index (χ0n) is 10.3. The van der Waals surface area contributed by atoms with Gasteiger partial charge in [-0.2, -0.15) is 0 Å². The fourth-order valence-electron chi connectivity index (χ4n) is 2.25. The summed E-state index contributed by atoms with van der Waals surface area (Å²) in [5, 5.41) is 3.63. The summed E-state index contributed by atoms with van der Waals surface area (Å²) in [6.45, 7) is 2.15. The van der Waals surface area contributed by atoms with Gasteiger partial charge in [0.05, 0.1) is 0 Å². The van der Waals surface area contributed by atoms with Gasteiger partial charge in [-0.15, -0.1) is 0 Å². The highest BCUT2D eigenvalue weighted by Gasteiger charge is 2.33. The summed E-state index contributed by atoms with van der Waals surface area (Å²) in [6.07, 6.45) is 7.73. The third-order valence-corrected chi connectivity index (χ3v) is 6.86. The molecule has 0 radical (unpaired) electrons. The second-order valence-electron chi connectivity index (χ2n) is 4.39. The monoisotopic (exact) mass is 231 g/mol. The third kappa shape index (κ3) is 3.87. The Morgan fingerprint density at radius 2 is 1.73 bits per heavy atom. The lowest BCUT2D eigenvalue weighted by molar-refractivity contribution is 0.235. The van der Waals surface area contributed by atoms with E-state index >= 15 is 0 Å². The molecule has 0 aromatic carbocycles. The number of nitrogens with one attached hydrogen (secondary N) is 1. The van der Waals surface area contributed by atoms with Gasteiger partial charge in [-0.05, 0) is 18.9 Å². The van der Waals surface area contributed by atoms with Crippen molar-refractivity contribution < 1.29 is 8.85 Å². The molecule has 0 aromatic heterocycles. The fourth-order valence-corrected chi connectivity index (χ4v) is 4.13. The summed E-state index contributed by atoms with van der Waals surface area (Å²) in [6, 6.07) is 1.71. The van der Waals surface area contributed by atoms with Crippen LogP contribution in [0.4, 0.5) is 0 Å². The van der Waals surface area contributed by atoms with Gasteiger partial charge in [-0.1, -0.05) is 26.2 Å². The molecule has 0 amide bonds. The van der Waals surface area contributed by atoms with Gasteiger partial charge in [-0.25, -0.2) is 0 Å². The summed E-state index contributed by atoms with van der Waals surface area (Å²) in [7, 11) is 1.65. The zero-order valence-corrected chi connectivity index (χ0v) is 11.3. The smallest absolute Gasteiger partial charge is 0.351 e. The van der Waals surface area contributed by atoms with Crippen molar-refractivity contribution in [3.63, 3.8) is 0 Å². The van der Waals surface area contributed by atoms with E-state index in [9.17, 15) is 0 Å². The summed E-state index contributed by atoms with van der Waals surface area (Å²) < 4.78 is 11.2. The maximum absolute atomic E-state index is 5.58. The molecule has 0 heterocycles. The second-order valence-corrected chi connectivity index (χ2v) is 8.09. The first-order chi connectivity index (χ1) is 7.26. The van der Waals surface area contributed by atoms with Gasteiger partial charge in [0.1, 0.15) is 0 Å². The van der Waals surface area contributed by atoms with Gasteiger partial charge in [0.15, 0.2) is 0 Å². The second kappa shape index (κ2) is 6.63. The molecule has 0 saturated heterocycles. The molecule has 1 aliphatic carbocycles. The van der Waals surface area contributed by atoms with Crippen LogP contribution in [0.5, 0.6) is 0 Å². The molecule has 0 bridgehead atoms. The number of hydrogen-bond acceptors (Lipinski definition) is 3. The van der Waals surface area contributed by atoms with E-state index in [0.717, 1.165) is 12.2 Å². The lowest BCUT2D eigenvalue weighted by Gasteiger charge is -2.30. The number of rotatable bonds is 6. The highest BCUT2D eigenvalue weighted by Crippen LogP contribution is 2.18. The van der Waals surface area contributed by atoms with E-state index in [1.165, 1.54) is 32.1 Å². The minimum absolute atomic E-state index is 0.697. The Labute approximate surface area is 94.8 Å². The normalized spacial score (nSPS) is 19.4. The molecule has 0 aliphatic heterocycles. The van der Waals surface area contributed by atoms with Crippen LogP contribution in [0, 0.1) is 0 Å². The average Bonchev–Trinajstić information content (AvgIpc) is 2.33. The molecule has 0 unspecified atom stereocenters. The van der Waals surface area contributed by atoms with Crippen molar-refractivity contribution in [2.75, 3.05) is 20.4 Å². The van der Waals surface area contributed by atoms with Crippen molar-refractivity contribution in [3.8, 4) is 0 Å². The molecule has 1 saturated carbocycles. The van der Waals surface area contributed by atoms with Crippen LogP contribution in [0.15, 0.2) is 0 Å². The van der Waals surface area contributed by atoms with Crippen LogP contribution in [0.25, 0.3) is 0 Å². The van der Waals surface area contributed by atoms with Crippen molar-refractivity contribution >= 4 is 8.56 Å². The Morgan fingerprint density at radius 3 is 2.20 bits per heavy atom. The quantitative estimate of drug-likeness (QED) is 0.711. The van der Waals surface area contributed by atoms with Gasteiger partial charge in [0.25, 0.3) is 0 Å². The molecule has 15 heavy (non-hydrogen) atoms. The molecular formula is C11H25NO2Si. The highest BCUT2D eigenvalue weighted by molar-refractivity contribution is 6.67. The Bertz CT molecular complexity index is 160. The molecule has 3 nitrogen and oxygen atoms in total. The van der Waals surface area contributed by atoms with Crippen molar-refractivity contribution in [2.45, 2.75) is 51.1 Å². The standard InChI is InChI=1S/C11H25NO2Si/c1-4-15(13-2,14-3)10-12-11-8-6-5-7-9-11/h11-12H,4-10H2,1-3H3. The van der Waals surface area contributed by atoms with Gasteiger partial charge < -0.3 is 14.2 Å². The van der Waals surface area contributed by atoms with Crippen molar-refractivity contribution in [1.82, 2.24) is 5.32 Å². The van der Waals surface area contributed by atoms with E-state index in [1.54, 1.807) is 14.2 Å². The van der Waals surface area contributed by atoms with Crippen LogP contribution in [-0.4, -0.2) is 35.0 Å². The van der Waals surface area contributed by atoms with Gasteiger partial charge in [0.2, 0.25) is 0 Å². The maximum atomic E-state index is 5.58. The Kier molecular flexibility index (Phi) is 5.82. The molecule has 0 atom stereocenters. The molecule has 0 spiro atoms. The molecule has 1 rings (SSSR count). The van der Waals surface area contributed by atoms with E-state index in [1.807, 2.05) is 0 Å². The molecule has 1 aliphatic rings. The van der Waals surface area contributed by atoms with Crippen molar-refractivity contribution in [2.24, 2.45) is 0 Å². The van der Waals surface area contributed by atoms with Crippen molar-refractivity contribution in [3.05, 3.63) is 0 Å². The minimum Gasteiger partial charge on any atom is -0.397 e. The molecular weight excluding hydrogens is 206 g/mol. The van der Waals surface area contributed by atoms with Gasteiger partial charge >= 0.3 is 8.56 Å². The van der Waals surface area contributed by atoms with Gasteiger partial charge in [0, 0.05) is 26.4 Å². The average molecular weight is 231 g/mol. The van der Waals surface area contributed by atoms with Gasteiger partial charge in [-0.3, -0.25) is 0 Å². The summed E-state index contributed by atoms with van der Waals surface area (Å²) >= 11 is 0. The van der Waals surface area contributed by atoms with Crippen LogP contribution in [0.3, 0.4) is 0 Å². The molecule has 0 aromatic rings. The Hall–Kier alpha value is 0.0969. The third-order valence-electron chi connectivity index (χ3n) is 3.55. The first-order valence-electron chi connectivity index (χ1n) is 6.10. The lowest BCUT2D eigenvalue weighted by Crippen LogP contribution is -2.52. The fraction of sp³-hybridized carbons (Fsp3) is 1.00. The molecule has 1 N–H and O–H groups in total. The molecule has 4 heteroatoms. The van der Waals surface area contributed by atoms with E-state index in [4.69, 9.17) is 8.85 Å². The zero-order chi connectivity index (χ0) is 11.1. The van der Waals surface area contributed by atoms with Crippen LogP contribution in [-0.2, 0) is 8.85 Å². The predicted molar refractivity (Wildman–Crippen MR) is 65.1 cm³/mol. The minimum atomic E-state index is -1.91. The largest absolute Gasteiger partial charge is 0.397 e. The van der Waals surface area contributed by atoms with E-state index < -0.39 is 8.56 Å². The SMILES string of the molecule is CC[Si](CNC1CCCCC1)(OC)OC. The maximum Gasteiger partial charge on any atom is 0.351 e.